The number of alkyl halides is 1. The third-order valence-corrected chi connectivity index (χ3v) is 3.74. The number of carbonyl (C=O) groups excluding carboxylic acids is 3. The van der Waals surface area contributed by atoms with E-state index in [1.54, 1.807) is 41.5 Å². The second-order valence-corrected chi connectivity index (χ2v) is 8.31. The Kier molecular flexibility index (Phi) is 6.73. The van der Waals surface area contributed by atoms with Crippen LogP contribution < -0.4 is 0 Å². The van der Waals surface area contributed by atoms with Crippen LogP contribution in [0.5, 0.6) is 0 Å². The molecule has 0 radical (unpaired) electrons. The van der Waals surface area contributed by atoms with Crippen molar-refractivity contribution >= 4 is 29.6 Å². The first-order valence-electron chi connectivity index (χ1n) is 8.25. The number of piperidine rings is 1. The highest BCUT2D eigenvalue weighted by Gasteiger charge is 2.52. The molecule has 0 spiro atoms. The van der Waals surface area contributed by atoms with E-state index >= 15 is 0 Å². The number of rotatable bonds is 3. The molecule has 8 heteroatoms. The number of hydrogen-bond acceptors (Lipinski definition) is 6. The molecule has 1 rings (SSSR count). The van der Waals surface area contributed by atoms with Gasteiger partial charge in [-0.25, -0.2) is 4.79 Å². The van der Waals surface area contributed by atoms with Crippen molar-refractivity contribution in [2.75, 3.05) is 19.2 Å². The number of amides is 1. The number of ether oxygens (including phenoxy) is 3. The van der Waals surface area contributed by atoms with Gasteiger partial charge >= 0.3 is 18.0 Å². The second kappa shape index (κ2) is 7.81. The van der Waals surface area contributed by atoms with Gasteiger partial charge in [0.15, 0.2) is 11.5 Å². The van der Waals surface area contributed by atoms with E-state index in [0.717, 1.165) is 0 Å². The van der Waals surface area contributed by atoms with Gasteiger partial charge in [0.05, 0.1) is 0 Å². The summed E-state index contributed by atoms with van der Waals surface area (Å²) in [6, 6.07) is -0.348. The van der Waals surface area contributed by atoms with Gasteiger partial charge in [-0.2, -0.15) is 0 Å². The van der Waals surface area contributed by atoms with E-state index in [2.05, 4.69) is 0 Å². The molecule has 0 N–H and O–H groups in total. The van der Waals surface area contributed by atoms with Crippen molar-refractivity contribution in [1.29, 1.82) is 0 Å². The smallest absolute Gasteiger partial charge is 0.410 e. The minimum Gasteiger partial charge on any atom is -0.459 e. The van der Waals surface area contributed by atoms with Gasteiger partial charge < -0.3 is 19.1 Å². The fourth-order valence-electron chi connectivity index (χ4n) is 2.45. The van der Waals surface area contributed by atoms with Crippen molar-refractivity contribution < 1.29 is 28.6 Å². The quantitative estimate of drug-likeness (QED) is 0.325. The lowest BCUT2D eigenvalue weighted by molar-refractivity contribution is -0.182. The van der Waals surface area contributed by atoms with Gasteiger partial charge in [-0.1, -0.05) is 11.6 Å². The summed E-state index contributed by atoms with van der Waals surface area (Å²) in [6.07, 6.45) is -0.288. The average Bonchev–Trinajstić information content (AvgIpc) is 2.43. The van der Waals surface area contributed by atoms with Gasteiger partial charge in [-0.05, 0) is 54.4 Å². The van der Waals surface area contributed by atoms with Crippen molar-refractivity contribution in [3.63, 3.8) is 0 Å². The van der Waals surface area contributed by atoms with Crippen LogP contribution in [0.25, 0.3) is 0 Å². The van der Waals surface area contributed by atoms with Crippen LogP contribution in [0.2, 0.25) is 0 Å². The third kappa shape index (κ3) is 6.06. The number of hydrogen-bond donors (Lipinski definition) is 0. The number of likely N-dealkylation sites (tertiary alicyclic amines) is 1. The van der Waals surface area contributed by atoms with Gasteiger partial charge in [-0.15, -0.1) is 0 Å². The standard InChI is InChI=1S/C17H28ClNO6/c1-15(2,3)24-13(21)17(12(20)23-11-18)7-9-19(10-8-17)14(22)25-16(4,5)6/h7-11H2,1-6H3. The van der Waals surface area contributed by atoms with E-state index in [4.69, 9.17) is 25.8 Å². The highest BCUT2D eigenvalue weighted by Crippen LogP contribution is 2.36. The zero-order valence-electron chi connectivity index (χ0n) is 15.8. The van der Waals surface area contributed by atoms with Crippen LogP contribution in [0, 0.1) is 5.41 Å². The number of nitrogens with zero attached hydrogens (tertiary/aromatic N) is 1. The molecule has 1 amide bonds. The zero-order valence-corrected chi connectivity index (χ0v) is 16.6. The Hall–Kier alpha value is -1.50. The lowest BCUT2D eigenvalue weighted by Crippen LogP contribution is -2.53. The molecule has 25 heavy (non-hydrogen) atoms. The molecule has 0 aromatic heterocycles. The maximum absolute atomic E-state index is 12.7. The van der Waals surface area contributed by atoms with Crippen LogP contribution in [0.3, 0.4) is 0 Å². The summed E-state index contributed by atoms with van der Waals surface area (Å²) in [4.78, 5) is 38.7. The molecule has 1 fully saturated rings. The van der Waals surface area contributed by atoms with Crippen LogP contribution in [0.1, 0.15) is 54.4 Å². The molecule has 1 aliphatic heterocycles. The van der Waals surface area contributed by atoms with E-state index in [0.29, 0.717) is 0 Å². The van der Waals surface area contributed by atoms with Crippen LogP contribution in [-0.2, 0) is 23.8 Å². The van der Waals surface area contributed by atoms with Gasteiger partial charge in [0.25, 0.3) is 0 Å². The minimum absolute atomic E-state index is 0.0941. The van der Waals surface area contributed by atoms with Crippen molar-refractivity contribution in [2.45, 2.75) is 65.6 Å². The molecule has 7 nitrogen and oxygen atoms in total. The number of esters is 2. The fourth-order valence-corrected chi connectivity index (χ4v) is 2.55. The highest BCUT2D eigenvalue weighted by atomic mass is 35.5. The van der Waals surface area contributed by atoms with Gasteiger partial charge in [0.1, 0.15) is 11.2 Å². The maximum atomic E-state index is 12.7. The number of halogens is 1. The highest BCUT2D eigenvalue weighted by molar-refractivity contribution is 6.17. The summed E-state index contributed by atoms with van der Waals surface area (Å²) in [6.45, 7) is 10.9. The van der Waals surface area contributed by atoms with Gasteiger partial charge in [0.2, 0.25) is 0 Å². The monoisotopic (exact) mass is 377 g/mol. The first kappa shape index (κ1) is 21.5. The Bertz CT molecular complexity index is 512. The SMILES string of the molecule is CC(C)(C)OC(=O)N1CCC(C(=O)OCCl)(C(=O)OC(C)(C)C)CC1. The molecule has 1 aliphatic rings. The number of carbonyl (C=O) groups is 3. The third-order valence-electron chi connectivity index (χ3n) is 3.63. The minimum atomic E-state index is -1.46. The molecule has 144 valence electrons. The lowest BCUT2D eigenvalue weighted by atomic mass is 9.78. The molecule has 0 aromatic carbocycles. The lowest BCUT2D eigenvalue weighted by Gasteiger charge is -2.39. The topological polar surface area (TPSA) is 82.1 Å². The Morgan fingerprint density at radius 1 is 0.920 bits per heavy atom. The first-order valence-corrected chi connectivity index (χ1v) is 8.79. The van der Waals surface area contributed by atoms with Crippen LogP contribution >= 0.6 is 11.6 Å². The maximum Gasteiger partial charge on any atom is 0.410 e. The van der Waals surface area contributed by atoms with E-state index in [1.807, 2.05) is 0 Å². The van der Waals surface area contributed by atoms with Crippen LogP contribution in [0.4, 0.5) is 4.79 Å². The normalized spacial score (nSPS) is 17.6. The fraction of sp³-hybridized carbons (Fsp3) is 0.824. The molecule has 0 saturated carbocycles. The molecule has 1 saturated heterocycles. The van der Waals surface area contributed by atoms with Crippen molar-refractivity contribution in [3.05, 3.63) is 0 Å². The van der Waals surface area contributed by atoms with Crippen LogP contribution in [0.15, 0.2) is 0 Å². The van der Waals surface area contributed by atoms with Crippen molar-refractivity contribution in [3.8, 4) is 0 Å². The van der Waals surface area contributed by atoms with E-state index in [9.17, 15) is 14.4 Å². The van der Waals surface area contributed by atoms with Crippen molar-refractivity contribution in [1.82, 2.24) is 4.90 Å². The van der Waals surface area contributed by atoms with E-state index in [1.165, 1.54) is 4.90 Å². The molecule has 0 atom stereocenters. The van der Waals surface area contributed by atoms with E-state index < -0.39 is 34.6 Å². The molecule has 0 unspecified atom stereocenters. The molecule has 1 heterocycles. The Balaban J connectivity index is 2.91. The summed E-state index contributed by atoms with van der Waals surface area (Å²) in [7, 11) is 0. The summed E-state index contributed by atoms with van der Waals surface area (Å²) < 4.78 is 15.6. The van der Waals surface area contributed by atoms with Gasteiger partial charge in [-0.3, -0.25) is 9.59 Å². The predicted molar refractivity (Wildman–Crippen MR) is 92.1 cm³/mol. The Morgan fingerprint density at radius 2 is 1.40 bits per heavy atom. The van der Waals surface area contributed by atoms with Crippen molar-refractivity contribution in [2.24, 2.45) is 5.41 Å². The largest absolute Gasteiger partial charge is 0.459 e. The Morgan fingerprint density at radius 3 is 1.80 bits per heavy atom. The molecular weight excluding hydrogens is 350 g/mol. The molecule has 0 bridgehead atoms. The van der Waals surface area contributed by atoms with E-state index in [-0.39, 0.29) is 32.0 Å². The summed E-state index contributed by atoms with van der Waals surface area (Å²) in [5.74, 6) is -1.38. The molecule has 0 aliphatic carbocycles. The average molecular weight is 378 g/mol. The molecular formula is C17H28ClNO6. The summed E-state index contributed by atoms with van der Waals surface area (Å²) >= 11 is 5.49. The predicted octanol–water partition coefficient (Wildman–Crippen LogP) is 3.08. The van der Waals surface area contributed by atoms with Crippen LogP contribution in [-0.4, -0.2) is 53.3 Å². The zero-order chi connectivity index (χ0) is 19.5. The summed E-state index contributed by atoms with van der Waals surface area (Å²) in [5, 5.41) is 0. The second-order valence-electron chi connectivity index (χ2n) is 8.09. The Labute approximate surface area is 153 Å². The van der Waals surface area contributed by atoms with Gasteiger partial charge in [0, 0.05) is 13.1 Å². The first-order chi connectivity index (χ1) is 11.3. The molecule has 0 aromatic rings. The summed E-state index contributed by atoms with van der Waals surface area (Å²) in [5.41, 5.74) is -2.82.